The molecule has 0 heterocycles. The van der Waals surface area contributed by atoms with Crippen molar-refractivity contribution >= 4 is 19.9 Å². The van der Waals surface area contributed by atoms with Crippen LogP contribution in [0, 0.1) is 11.3 Å². The summed E-state index contributed by atoms with van der Waals surface area (Å²) >= 11 is 0. The third-order valence-corrected chi connectivity index (χ3v) is 8.59. The number of rotatable bonds is 9. The minimum atomic E-state index is -0.783. The average molecular weight is 245 g/mol. The van der Waals surface area contributed by atoms with Crippen molar-refractivity contribution in [1.29, 1.82) is 5.26 Å². The highest BCUT2D eigenvalue weighted by atomic mass is 33.2. The van der Waals surface area contributed by atoms with Gasteiger partial charge < -0.3 is 0 Å². The van der Waals surface area contributed by atoms with E-state index in [4.69, 9.17) is 5.26 Å². The van der Waals surface area contributed by atoms with Crippen LogP contribution < -0.4 is 0 Å². The number of nitriles is 1. The minimum absolute atomic E-state index is 0.740. The summed E-state index contributed by atoms with van der Waals surface area (Å²) in [5.41, 5.74) is 0. The largest absolute Gasteiger partial charge is 0.197 e. The summed E-state index contributed by atoms with van der Waals surface area (Å²) in [4.78, 5) is 0. The van der Waals surface area contributed by atoms with Crippen molar-refractivity contribution < 1.29 is 0 Å². The lowest BCUT2D eigenvalue weighted by atomic mass is 10.4. The first-order valence-corrected chi connectivity index (χ1v) is 9.20. The number of unbranched alkanes of at least 4 members (excludes halogenated alkanes) is 2. The van der Waals surface area contributed by atoms with Gasteiger partial charge in [-0.3, -0.25) is 0 Å². The maximum atomic E-state index is 8.95. The van der Waals surface area contributed by atoms with Gasteiger partial charge in [-0.05, 0) is 29.8 Å². The molecular formula is C12H23NS2. The molecule has 0 aliphatic heterocycles. The molecule has 15 heavy (non-hydrogen) atoms. The van der Waals surface area contributed by atoms with Crippen molar-refractivity contribution in [2.45, 2.75) is 39.5 Å². The average Bonchev–Trinajstić information content (AvgIpc) is 2.24. The molecule has 0 aromatic rings. The van der Waals surface area contributed by atoms with E-state index in [-0.39, 0.29) is 0 Å². The first-order chi connectivity index (χ1) is 7.24. The zero-order chi connectivity index (χ0) is 11.6. The van der Waals surface area contributed by atoms with Gasteiger partial charge in [0.2, 0.25) is 0 Å². The van der Waals surface area contributed by atoms with E-state index >= 15 is 0 Å². The zero-order valence-electron chi connectivity index (χ0n) is 10.00. The van der Waals surface area contributed by atoms with Crippen LogP contribution in [0.1, 0.15) is 39.5 Å². The van der Waals surface area contributed by atoms with Gasteiger partial charge in [-0.15, -0.1) is 0 Å². The van der Waals surface area contributed by atoms with Crippen LogP contribution in [0.5, 0.6) is 0 Å². The zero-order valence-corrected chi connectivity index (χ0v) is 11.6. The highest BCUT2D eigenvalue weighted by Crippen LogP contribution is 2.61. The fraction of sp³-hybridized carbons (Fsp3) is 0.750. The Hall–Kier alpha value is -0.0700. The Balaban J connectivity index is 4.41. The van der Waals surface area contributed by atoms with Crippen molar-refractivity contribution in [3.05, 3.63) is 12.0 Å². The fourth-order valence-corrected chi connectivity index (χ4v) is 6.87. The molecule has 0 aliphatic carbocycles. The number of hydrogen-bond acceptors (Lipinski definition) is 2. The van der Waals surface area contributed by atoms with Gasteiger partial charge >= 0.3 is 0 Å². The van der Waals surface area contributed by atoms with Gasteiger partial charge in [0.25, 0.3) is 0 Å². The molecular weight excluding hydrogens is 222 g/mol. The highest BCUT2D eigenvalue weighted by Gasteiger charge is 2.22. The second-order valence-corrected chi connectivity index (χ2v) is 9.91. The smallest absolute Gasteiger partial charge is 0.0738 e. The summed E-state index contributed by atoms with van der Waals surface area (Å²) in [6, 6.07) is 2.38. The molecule has 0 aliphatic rings. The summed E-state index contributed by atoms with van der Waals surface area (Å²) in [6.07, 6.45) is 4.96. The second kappa shape index (κ2) is 9.18. The molecule has 0 atom stereocenters. The molecule has 0 fully saturated rings. The molecule has 0 spiro atoms. The van der Waals surface area contributed by atoms with Crippen molar-refractivity contribution in [2.24, 2.45) is 0 Å². The Morgan fingerprint density at radius 1 is 1.27 bits per heavy atom. The summed E-state index contributed by atoms with van der Waals surface area (Å²) in [6.45, 7) is 8.25. The molecule has 3 heteroatoms. The number of hydrogen-bond donors (Lipinski definition) is 0. The standard InChI is InChI=1S/C12H23NS2/c1-4-7-10-15(12-9-13,14-6-3)11-8-5-2/h6H,3-5,7-8,10-12H2,1-2H3. The molecule has 0 N–H and O–H groups in total. The summed E-state index contributed by atoms with van der Waals surface area (Å²) < 4.78 is 0. The van der Waals surface area contributed by atoms with Crippen LogP contribution in [0.25, 0.3) is 0 Å². The van der Waals surface area contributed by atoms with Crippen molar-refractivity contribution in [3.8, 4) is 6.07 Å². The van der Waals surface area contributed by atoms with E-state index in [0.29, 0.717) is 0 Å². The van der Waals surface area contributed by atoms with E-state index in [0.717, 1.165) is 5.75 Å². The van der Waals surface area contributed by atoms with Gasteiger partial charge in [-0.25, -0.2) is 0 Å². The molecule has 0 saturated carbocycles. The lowest BCUT2D eigenvalue weighted by molar-refractivity contribution is 0.873. The Morgan fingerprint density at radius 2 is 1.80 bits per heavy atom. The first kappa shape index (κ1) is 14.9. The predicted octanol–water partition coefficient (Wildman–Crippen LogP) is 4.71. The van der Waals surface area contributed by atoms with Gasteiger partial charge in [-0.2, -0.15) is 14.3 Å². The SMILES string of the molecule is C=CSS(CC#N)(CCCC)CCCC. The van der Waals surface area contributed by atoms with Gasteiger partial charge in [0.05, 0.1) is 11.8 Å². The molecule has 1 nitrogen and oxygen atoms in total. The number of nitrogens with zero attached hydrogens (tertiary/aromatic N) is 1. The van der Waals surface area contributed by atoms with E-state index in [1.54, 1.807) is 0 Å². The van der Waals surface area contributed by atoms with E-state index < -0.39 is 9.06 Å². The molecule has 0 amide bonds. The summed E-state index contributed by atoms with van der Waals surface area (Å²) in [5.74, 6) is 3.20. The maximum Gasteiger partial charge on any atom is 0.0738 e. The van der Waals surface area contributed by atoms with Crippen LogP contribution in [-0.2, 0) is 0 Å². The van der Waals surface area contributed by atoms with Crippen LogP contribution >= 0.6 is 19.9 Å². The molecule has 0 rings (SSSR count). The van der Waals surface area contributed by atoms with E-state index in [9.17, 15) is 0 Å². The predicted molar refractivity (Wildman–Crippen MR) is 75.4 cm³/mol. The van der Waals surface area contributed by atoms with Crippen LogP contribution in [0.4, 0.5) is 0 Å². The Kier molecular flexibility index (Phi) is 9.13. The lowest BCUT2D eigenvalue weighted by Gasteiger charge is -2.36. The van der Waals surface area contributed by atoms with Crippen molar-refractivity contribution in [2.75, 3.05) is 17.3 Å². The second-order valence-electron chi connectivity index (χ2n) is 3.65. The lowest BCUT2D eigenvalue weighted by Crippen LogP contribution is -2.09. The molecule has 88 valence electrons. The minimum Gasteiger partial charge on any atom is -0.197 e. The molecule has 0 aromatic heterocycles. The molecule has 0 aromatic carbocycles. The van der Waals surface area contributed by atoms with E-state index in [2.05, 4.69) is 26.5 Å². The topological polar surface area (TPSA) is 23.8 Å². The maximum absolute atomic E-state index is 8.95. The molecule has 0 radical (unpaired) electrons. The first-order valence-electron chi connectivity index (χ1n) is 5.67. The van der Waals surface area contributed by atoms with E-state index in [1.165, 1.54) is 37.2 Å². The normalized spacial score (nSPS) is 12.1. The molecule has 0 unspecified atom stereocenters. The van der Waals surface area contributed by atoms with Gasteiger partial charge in [0, 0.05) is 0 Å². The Morgan fingerprint density at radius 3 is 2.13 bits per heavy atom. The van der Waals surface area contributed by atoms with Crippen LogP contribution in [0.2, 0.25) is 0 Å². The third-order valence-electron chi connectivity index (χ3n) is 2.34. The van der Waals surface area contributed by atoms with Gasteiger partial charge in [0.15, 0.2) is 0 Å². The summed E-state index contributed by atoms with van der Waals surface area (Å²) in [5, 5.41) is 10.9. The Labute approximate surface area is 100 Å². The monoisotopic (exact) mass is 245 g/mol. The molecule has 0 saturated heterocycles. The van der Waals surface area contributed by atoms with E-state index in [1.807, 2.05) is 16.2 Å². The fourth-order valence-electron chi connectivity index (χ4n) is 1.45. The van der Waals surface area contributed by atoms with Gasteiger partial charge in [0.1, 0.15) is 0 Å². The van der Waals surface area contributed by atoms with Crippen LogP contribution in [0.3, 0.4) is 0 Å². The Bertz CT molecular complexity index is 200. The van der Waals surface area contributed by atoms with Crippen LogP contribution in [0.15, 0.2) is 12.0 Å². The van der Waals surface area contributed by atoms with Crippen molar-refractivity contribution in [1.82, 2.24) is 0 Å². The van der Waals surface area contributed by atoms with Crippen molar-refractivity contribution in [3.63, 3.8) is 0 Å². The quantitative estimate of drug-likeness (QED) is 0.549. The highest BCUT2D eigenvalue weighted by molar-refractivity contribution is 8.95. The summed E-state index contributed by atoms with van der Waals surface area (Å²) in [7, 11) is 1.07. The van der Waals surface area contributed by atoms with Gasteiger partial charge in [-0.1, -0.05) is 44.1 Å². The molecule has 0 bridgehead atoms. The third kappa shape index (κ3) is 6.17. The van der Waals surface area contributed by atoms with Crippen LogP contribution in [-0.4, -0.2) is 17.3 Å².